The van der Waals surface area contributed by atoms with Gasteiger partial charge in [0.05, 0.1) is 24.8 Å². The van der Waals surface area contributed by atoms with E-state index < -0.39 is 5.82 Å². The van der Waals surface area contributed by atoms with Gasteiger partial charge in [0.2, 0.25) is 0 Å². The van der Waals surface area contributed by atoms with E-state index in [1.54, 1.807) is 38.5 Å². The first-order valence-electron chi connectivity index (χ1n) is 9.20. The SMILES string of the molecule is COc1cc(OCc2c(F)cccc2Cl)cc(OC)c1CNC(C)c1ccc[nH]1. The van der Waals surface area contributed by atoms with Crippen LogP contribution >= 0.6 is 11.6 Å². The van der Waals surface area contributed by atoms with Crippen molar-refractivity contribution in [2.24, 2.45) is 0 Å². The molecule has 2 aromatic carbocycles. The van der Waals surface area contributed by atoms with Gasteiger partial charge in [-0.2, -0.15) is 0 Å². The number of benzene rings is 2. The maximum atomic E-state index is 14.0. The molecule has 0 aliphatic rings. The molecule has 0 saturated carbocycles. The second-order valence-electron chi connectivity index (χ2n) is 6.52. The zero-order valence-electron chi connectivity index (χ0n) is 16.6. The summed E-state index contributed by atoms with van der Waals surface area (Å²) in [7, 11) is 3.17. The molecule has 0 radical (unpaired) electrons. The van der Waals surface area contributed by atoms with Crippen molar-refractivity contribution >= 4 is 11.6 Å². The number of aromatic nitrogens is 1. The van der Waals surface area contributed by atoms with Gasteiger partial charge in [-0.1, -0.05) is 17.7 Å². The van der Waals surface area contributed by atoms with Crippen LogP contribution in [0.3, 0.4) is 0 Å². The third-order valence-corrected chi connectivity index (χ3v) is 5.05. The zero-order valence-corrected chi connectivity index (χ0v) is 17.3. The summed E-state index contributed by atoms with van der Waals surface area (Å²) in [6.07, 6.45) is 1.89. The Labute approximate surface area is 174 Å². The van der Waals surface area contributed by atoms with Gasteiger partial charge in [-0.05, 0) is 31.2 Å². The number of hydrogen-bond donors (Lipinski definition) is 2. The highest BCUT2D eigenvalue weighted by Crippen LogP contribution is 2.35. The van der Waals surface area contributed by atoms with Crippen molar-refractivity contribution in [1.29, 1.82) is 0 Å². The standard InChI is InChI=1S/C22H24ClFN2O3/c1-14(20-8-5-9-25-20)26-12-16-21(27-2)10-15(11-22(16)28-3)29-13-17-18(23)6-4-7-19(17)24/h4-11,14,25-26H,12-13H2,1-3H3. The Hall–Kier alpha value is -2.70. The molecule has 1 atom stereocenters. The largest absolute Gasteiger partial charge is 0.496 e. The van der Waals surface area contributed by atoms with Gasteiger partial charge < -0.3 is 24.5 Å². The van der Waals surface area contributed by atoms with Crippen LogP contribution in [0.1, 0.15) is 29.8 Å². The maximum absolute atomic E-state index is 14.0. The lowest BCUT2D eigenvalue weighted by Crippen LogP contribution is -2.19. The van der Waals surface area contributed by atoms with Crippen LogP contribution in [0, 0.1) is 5.82 Å². The lowest BCUT2D eigenvalue weighted by molar-refractivity contribution is 0.293. The van der Waals surface area contributed by atoms with Crippen molar-refractivity contribution in [2.75, 3.05) is 14.2 Å². The van der Waals surface area contributed by atoms with Crippen molar-refractivity contribution in [3.63, 3.8) is 0 Å². The van der Waals surface area contributed by atoms with Crippen LogP contribution in [-0.4, -0.2) is 19.2 Å². The first-order chi connectivity index (χ1) is 14.0. The zero-order chi connectivity index (χ0) is 20.8. The molecule has 0 fully saturated rings. The van der Waals surface area contributed by atoms with E-state index in [4.69, 9.17) is 25.8 Å². The Morgan fingerprint density at radius 2 is 1.79 bits per heavy atom. The number of nitrogens with one attached hydrogen (secondary N) is 2. The highest BCUT2D eigenvalue weighted by molar-refractivity contribution is 6.31. The highest BCUT2D eigenvalue weighted by Gasteiger charge is 2.16. The van der Waals surface area contributed by atoms with Gasteiger partial charge in [0.15, 0.2) is 0 Å². The summed E-state index contributed by atoms with van der Waals surface area (Å²) in [5, 5.41) is 3.77. The lowest BCUT2D eigenvalue weighted by Gasteiger charge is -2.18. The van der Waals surface area contributed by atoms with Gasteiger partial charge in [0.25, 0.3) is 0 Å². The van der Waals surface area contributed by atoms with Crippen molar-refractivity contribution in [1.82, 2.24) is 10.3 Å². The molecule has 1 heterocycles. The second kappa shape index (κ2) is 9.67. The number of rotatable bonds is 9. The third-order valence-electron chi connectivity index (χ3n) is 4.70. The van der Waals surface area contributed by atoms with Gasteiger partial charge in [-0.15, -0.1) is 0 Å². The summed E-state index contributed by atoms with van der Waals surface area (Å²) in [6, 6.07) is 12.2. The predicted molar refractivity (Wildman–Crippen MR) is 111 cm³/mol. The summed E-state index contributed by atoms with van der Waals surface area (Å²) in [4.78, 5) is 3.19. The Bertz CT molecular complexity index is 902. The molecule has 5 nitrogen and oxygen atoms in total. The number of methoxy groups -OCH3 is 2. The quantitative estimate of drug-likeness (QED) is 0.498. The highest BCUT2D eigenvalue weighted by atomic mass is 35.5. The molecule has 0 aliphatic carbocycles. The maximum Gasteiger partial charge on any atom is 0.131 e. The summed E-state index contributed by atoms with van der Waals surface area (Å²) in [6.45, 7) is 2.60. The molecule has 29 heavy (non-hydrogen) atoms. The number of halogens is 2. The average molecular weight is 419 g/mol. The Morgan fingerprint density at radius 3 is 2.38 bits per heavy atom. The molecule has 0 spiro atoms. The monoisotopic (exact) mass is 418 g/mol. The minimum absolute atomic E-state index is 0.000724. The summed E-state index contributed by atoms with van der Waals surface area (Å²) >= 11 is 6.07. The Kier molecular flexibility index (Phi) is 7.01. The minimum Gasteiger partial charge on any atom is -0.496 e. The smallest absolute Gasteiger partial charge is 0.131 e. The molecule has 7 heteroatoms. The molecule has 1 aromatic heterocycles. The topological polar surface area (TPSA) is 55.5 Å². The Balaban J connectivity index is 1.77. The lowest BCUT2D eigenvalue weighted by atomic mass is 10.1. The number of H-pyrrole nitrogens is 1. The fourth-order valence-corrected chi connectivity index (χ4v) is 3.24. The fourth-order valence-electron chi connectivity index (χ4n) is 3.02. The molecule has 0 amide bonds. The minimum atomic E-state index is -0.407. The summed E-state index contributed by atoms with van der Waals surface area (Å²) in [5.74, 6) is 1.32. The van der Waals surface area contributed by atoms with E-state index in [1.807, 2.05) is 18.3 Å². The summed E-state index contributed by atoms with van der Waals surface area (Å²) < 4.78 is 30.8. The fraction of sp³-hybridized carbons (Fsp3) is 0.273. The first-order valence-corrected chi connectivity index (χ1v) is 9.58. The van der Waals surface area contributed by atoms with Crippen molar-refractivity contribution in [3.8, 4) is 17.2 Å². The van der Waals surface area contributed by atoms with Gasteiger partial charge in [-0.3, -0.25) is 0 Å². The number of ether oxygens (including phenoxy) is 3. The van der Waals surface area contributed by atoms with Gasteiger partial charge in [0, 0.05) is 42.2 Å². The summed E-state index contributed by atoms with van der Waals surface area (Å²) in [5.41, 5.74) is 2.26. The van der Waals surface area contributed by atoms with E-state index in [0.717, 1.165) is 11.3 Å². The molecule has 154 valence electrons. The van der Waals surface area contributed by atoms with Crippen LogP contribution < -0.4 is 19.5 Å². The van der Waals surface area contributed by atoms with Crippen LogP contribution in [0.2, 0.25) is 5.02 Å². The van der Waals surface area contributed by atoms with Crippen molar-refractivity contribution in [2.45, 2.75) is 26.1 Å². The van der Waals surface area contributed by atoms with Crippen LogP contribution in [0.5, 0.6) is 17.2 Å². The van der Waals surface area contributed by atoms with E-state index >= 15 is 0 Å². The number of aromatic amines is 1. The second-order valence-corrected chi connectivity index (χ2v) is 6.93. The molecular formula is C22H24ClFN2O3. The van der Waals surface area contributed by atoms with Crippen molar-refractivity contribution in [3.05, 3.63) is 76.3 Å². The normalized spacial score (nSPS) is 11.9. The molecule has 1 unspecified atom stereocenters. The van der Waals surface area contributed by atoms with Crippen molar-refractivity contribution < 1.29 is 18.6 Å². The number of hydrogen-bond acceptors (Lipinski definition) is 4. The molecule has 0 aliphatic heterocycles. The predicted octanol–water partition coefficient (Wildman–Crippen LogP) is 5.25. The van der Waals surface area contributed by atoms with E-state index in [9.17, 15) is 4.39 Å². The molecule has 3 aromatic rings. The van der Waals surface area contributed by atoms with E-state index in [-0.39, 0.29) is 12.6 Å². The van der Waals surface area contributed by atoms with Gasteiger partial charge >= 0.3 is 0 Å². The van der Waals surface area contributed by atoms with Crippen LogP contribution in [0.15, 0.2) is 48.7 Å². The van der Waals surface area contributed by atoms with Gasteiger partial charge in [0.1, 0.15) is 29.7 Å². The van der Waals surface area contributed by atoms with Crippen LogP contribution in [0.25, 0.3) is 0 Å². The molecule has 3 rings (SSSR count). The third kappa shape index (κ3) is 5.02. The molecule has 0 bridgehead atoms. The molecule has 2 N–H and O–H groups in total. The average Bonchev–Trinajstić information content (AvgIpc) is 3.26. The van der Waals surface area contributed by atoms with Crippen LogP contribution in [0.4, 0.5) is 4.39 Å². The first kappa shape index (κ1) is 21.0. The molecule has 0 saturated heterocycles. The van der Waals surface area contributed by atoms with E-state index in [1.165, 1.54) is 6.07 Å². The van der Waals surface area contributed by atoms with Gasteiger partial charge in [-0.25, -0.2) is 4.39 Å². The Morgan fingerprint density at radius 1 is 1.07 bits per heavy atom. The molecular weight excluding hydrogens is 395 g/mol. The van der Waals surface area contributed by atoms with E-state index in [2.05, 4.69) is 17.2 Å². The van der Waals surface area contributed by atoms with Crippen LogP contribution in [-0.2, 0) is 13.2 Å². The van der Waals surface area contributed by atoms with E-state index in [0.29, 0.717) is 34.4 Å².